The zero-order valence-corrected chi connectivity index (χ0v) is 6.91. The van der Waals surface area contributed by atoms with Crippen molar-refractivity contribution in [2.75, 3.05) is 0 Å². The topological polar surface area (TPSA) is 0 Å². The first-order valence-corrected chi connectivity index (χ1v) is 6.77. The Morgan fingerprint density at radius 2 is 2.33 bits per heavy atom. The van der Waals surface area contributed by atoms with Crippen LogP contribution in [0.1, 0.15) is 13.3 Å². The lowest BCUT2D eigenvalue weighted by Crippen LogP contribution is -2.00. The van der Waals surface area contributed by atoms with E-state index in [0.29, 0.717) is 0 Å². The van der Waals surface area contributed by atoms with Gasteiger partial charge in [0.1, 0.15) is 0 Å². The highest BCUT2D eigenvalue weighted by atomic mass is 29.5. The highest BCUT2D eigenvalue weighted by Crippen LogP contribution is 1.80. The van der Waals surface area contributed by atoms with Gasteiger partial charge in [0.15, 0.2) is 0 Å². The summed E-state index contributed by atoms with van der Waals surface area (Å²) in [4.78, 5) is 0. The maximum atomic E-state index is 3.43. The van der Waals surface area contributed by atoms with Crippen molar-refractivity contribution in [2.45, 2.75) is 19.4 Å². The van der Waals surface area contributed by atoms with Gasteiger partial charge in [0, 0.05) is 27.4 Å². The van der Waals surface area contributed by atoms with Gasteiger partial charge < -0.3 is 0 Å². The SMILES string of the molecule is CCC[Si][Si][Si]. The van der Waals surface area contributed by atoms with Crippen LogP contribution in [0.15, 0.2) is 0 Å². The van der Waals surface area contributed by atoms with Crippen molar-refractivity contribution in [1.82, 2.24) is 0 Å². The fourth-order valence-corrected chi connectivity index (χ4v) is 2.81. The Kier molecular flexibility index (Phi) is 6.26. The summed E-state index contributed by atoms with van der Waals surface area (Å²) in [6.07, 6.45) is 1.34. The zero-order chi connectivity index (χ0) is 4.83. The van der Waals surface area contributed by atoms with E-state index in [4.69, 9.17) is 0 Å². The molecule has 31 valence electrons. The second-order valence-electron chi connectivity index (χ2n) is 1.05. The highest BCUT2D eigenvalue weighted by molar-refractivity contribution is 7.23. The largest absolute Gasteiger partial charge is 0.0657 e. The minimum atomic E-state index is 0.998. The summed E-state index contributed by atoms with van der Waals surface area (Å²) in [5.41, 5.74) is 0. The van der Waals surface area contributed by atoms with Crippen LogP contribution in [-0.2, 0) is 0 Å². The quantitative estimate of drug-likeness (QED) is 0.376. The predicted octanol–water partition coefficient (Wildman–Crippen LogP) is 0.222. The van der Waals surface area contributed by atoms with E-state index >= 15 is 0 Å². The molecule has 0 aromatic carbocycles. The Hall–Kier alpha value is 0.651. The fourth-order valence-electron chi connectivity index (χ4n) is 0.187. The molecule has 6 heavy (non-hydrogen) atoms. The average Bonchev–Trinajstić information content (AvgIpc) is 1.61. The van der Waals surface area contributed by atoms with E-state index in [1.54, 1.807) is 0 Å². The summed E-state index contributed by atoms with van der Waals surface area (Å²) in [6.45, 7) is 2.22. The van der Waals surface area contributed by atoms with Crippen LogP contribution in [0.5, 0.6) is 0 Å². The molecule has 0 amide bonds. The lowest BCUT2D eigenvalue weighted by Gasteiger charge is -1.83. The highest BCUT2D eigenvalue weighted by Gasteiger charge is 1.78. The summed E-state index contributed by atoms with van der Waals surface area (Å²) in [5, 5.41) is 0. The third-order valence-corrected chi connectivity index (χ3v) is 4.26. The maximum Gasteiger partial charge on any atom is 0.0179 e. The molecule has 0 unspecified atom stereocenters. The predicted molar refractivity (Wildman–Crippen MR) is 32.4 cm³/mol. The molecule has 0 aliphatic rings. The summed E-state index contributed by atoms with van der Waals surface area (Å²) >= 11 is 0. The Morgan fingerprint density at radius 3 is 2.50 bits per heavy atom. The van der Waals surface area contributed by atoms with Gasteiger partial charge in [-0.15, -0.1) is 0 Å². The number of rotatable bonds is 3. The van der Waals surface area contributed by atoms with E-state index in [2.05, 4.69) is 16.7 Å². The smallest absolute Gasteiger partial charge is 0.0179 e. The Bertz CT molecular complexity index is 18.0. The van der Waals surface area contributed by atoms with E-state index in [9.17, 15) is 0 Å². The van der Waals surface area contributed by atoms with Crippen molar-refractivity contribution in [1.29, 1.82) is 0 Å². The third kappa shape index (κ3) is 4.65. The molecule has 0 fully saturated rings. The van der Waals surface area contributed by atoms with Crippen LogP contribution >= 0.6 is 0 Å². The first-order chi connectivity index (χ1) is 2.91. The standard InChI is InChI=1S/C3H7Si3/c1-2-3-5-6-4/h2-3H2,1H3. The van der Waals surface area contributed by atoms with E-state index in [1.165, 1.54) is 12.5 Å². The van der Waals surface area contributed by atoms with E-state index in [-0.39, 0.29) is 0 Å². The second-order valence-corrected chi connectivity index (χ2v) is 6.22. The van der Waals surface area contributed by atoms with Crippen LogP contribution in [0.25, 0.3) is 0 Å². The molecule has 0 saturated heterocycles. The molecule has 0 nitrogen and oxygen atoms in total. The van der Waals surface area contributed by atoms with Crippen LogP contribution in [-0.4, -0.2) is 27.4 Å². The second kappa shape index (κ2) is 5.65. The summed E-state index contributed by atoms with van der Waals surface area (Å²) in [6, 6.07) is 1.40. The first-order valence-electron chi connectivity index (χ1n) is 2.06. The van der Waals surface area contributed by atoms with Crippen LogP contribution in [0.3, 0.4) is 0 Å². The monoisotopic (exact) mass is 127 g/mol. The summed E-state index contributed by atoms with van der Waals surface area (Å²) < 4.78 is 0. The van der Waals surface area contributed by atoms with Gasteiger partial charge in [-0.3, -0.25) is 0 Å². The molecule has 0 saturated carbocycles. The summed E-state index contributed by atoms with van der Waals surface area (Å²) in [7, 11) is 5.59. The molecule has 0 aliphatic carbocycles. The van der Waals surface area contributed by atoms with Gasteiger partial charge in [-0.1, -0.05) is 19.4 Å². The van der Waals surface area contributed by atoms with Crippen molar-refractivity contribution in [3.05, 3.63) is 0 Å². The third-order valence-electron chi connectivity index (χ3n) is 0.463. The van der Waals surface area contributed by atoms with Crippen molar-refractivity contribution in [2.24, 2.45) is 0 Å². The van der Waals surface area contributed by atoms with Crippen molar-refractivity contribution in [3.8, 4) is 0 Å². The summed E-state index contributed by atoms with van der Waals surface area (Å²) in [5.74, 6) is 0. The van der Waals surface area contributed by atoms with Gasteiger partial charge in [0.05, 0.1) is 0 Å². The van der Waals surface area contributed by atoms with Gasteiger partial charge in [-0.05, 0) is 0 Å². The molecular weight excluding hydrogens is 120 g/mol. The van der Waals surface area contributed by atoms with Crippen LogP contribution in [0, 0.1) is 0 Å². The molecule has 0 spiro atoms. The van der Waals surface area contributed by atoms with Gasteiger partial charge in [0.2, 0.25) is 0 Å². The Balaban J connectivity index is 2.34. The molecule has 0 aromatic rings. The molecule has 0 N–H and O–H groups in total. The Morgan fingerprint density at radius 1 is 1.67 bits per heavy atom. The maximum absolute atomic E-state index is 3.43. The van der Waals surface area contributed by atoms with Crippen molar-refractivity contribution in [3.63, 3.8) is 0 Å². The van der Waals surface area contributed by atoms with Crippen LogP contribution < -0.4 is 0 Å². The molecule has 0 aliphatic heterocycles. The van der Waals surface area contributed by atoms with Gasteiger partial charge >= 0.3 is 0 Å². The Labute approximate surface area is 47.4 Å². The molecule has 3 heteroatoms. The molecule has 0 atom stereocenters. The number of hydrogen-bond acceptors (Lipinski definition) is 0. The lowest BCUT2D eigenvalue weighted by molar-refractivity contribution is 1.08. The molecule has 0 aromatic heterocycles. The van der Waals surface area contributed by atoms with Crippen LogP contribution in [0.2, 0.25) is 6.04 Å². The van der Waals surface area contributed by atoms with E-state index < -0.39 is 0 Å². The molecule has 7 radical (unpaired) electrons. The van der Waals surface area contributed by atoms with Crippen LogP contribution in [0.4, 0.5) is 0 Å². The van der Waals surface area contributed by atoms with Gasteiger partial charge in [0.25, 0.3) is 0 Å². The van der Waals surface area contributed by atoms with E-state index in [1.807, 2.05) is 0 Å². The molecule has 0 bridgehead atoms. The molecular formula is C3H7Si3. The minimum absolute atomic E-state index is 0.998. The minimum Gasteiger partial charge on any atom is -0.0657 e. The van der Waals surface area contributed by atoms with E-state index in [0.717, 1.165) is 17.6 Å². The van der Waals surface area contributed by atoms with Crippen molar-refractivity contribution >= 4 is 27.4 Å². The average molecular weight is 127 g/mol. The molecule has 0 rings (SSSR count). The van der Waals surface area contributed by atoms with Gasteiger partial charge in [-0.25, -0.2) is 0 Å². The fraction of sp³-hybridized carbons (Fsp3) is 1.00. The zero-order valence-electron chi connectivity index (χ0n) is 3.91. The lowest BCUT2D eigenvalue weighted by atomic mass is 10.6. The van der Waals surface area contributed by atoms with Gasteiger partial charge in [-0.2, -0.15) is 0 Å². The van der Waals surface area contributed by atoms with Crippen molar-refractivity contribution < 1.29 is 0 Å². The molecule has 0 heterocycles. The first kappa shape index (κ1) is 6.65. The number of hydrogen-bond donors (Lipinski definition) is 0. The normalized spacial score (nSPS) is 9.00.